The highest BCUT2D eigenvalue weighted by Crippen LogP contribution is 2.47. The summed E-state index contributed by atoms with van der Waals surface area (Å²) < 4.78 is 0. The Morgan fingerprint density at radius 2 is 2.00 bits per heavy atom. The van der Waals surface area contributed by atoms with Crippen LogP contribution < -0.4 is 0 Å². The molecule has 0 amide bonds. The van der Waals surface area contributed by atoms with E-state index in [9.17, 15) is 0 Å². The fourth-order valence-electron chi connectivity index (χ4n) is 2.73. The highest BCUT2D eigenvalue weighted by atomic mass is 32.2. The first-order chi connectivity index (χ1) is 7.84. The molecule has 0 saturated carbocycles. The zero-order valence-corrected chi connectivity index (χ0v) is 10.3. The maximum absolute atomic E-state index is 2.37. The normalized spacial score (nSPS) is 32.3. The van der Waals surface area contributed by atoms with Crippen LogP contribution in [-0.2, 0) is 0 Å². The van der Waals surface area contributed by atoms with E-state index in [0.29, 0.717) is 5.25 Å². The Morgan fingerprint density at radius 1 is 1.19 bits per heavy atom. The highest BCUT2D eigenvalue weighted by molar-refractivity contribution is 8.00. The van der Waals surface area contributed by atoms with E-state index in [-0.39, 0.29) is 0 Å². The maximum atomic E-state index is 2.37. The van der Waals surface area contributed by atoms with E-state index >= 15 is 0 Å². The van der Waals surface area contributed by atoms with Crippen LogP contribution >= 0.6 is 11.8 Å². The van der Waals surface area contributed by atoms with Crippen molar-refractivity contribution in [3.05, 3.63) is 54.1 Å². The lowest BCUT2D eigenvalue weighted by molar-refractivity contribution is 0.660. The first-order valence-electron chi connectivity index (χ1n) is 5.94. The average molecular weight is 228 g/mol. The first-order valence-corrected chi connectivity index (χ1v) is 6.88. The quantitative estimate of drug-likeness (QED) is 0.696. The second kappa shape index (κ2) is 4.14. The fourth-order valence-corrected chi connectivity index (χ4v) is 4.21. The number of benzene rings is 1. The number of allylic oxidation sites excluding steroid dienone is 3. The minimum absolute atomic E-state index is 0.704. The Balaban J connectivity index is 1.96. The molecule has 0 N–H and O–H groups in total. The molecule has 1 fully saturated rings. The van der Waals surface area contributed by atoms with Crippen LogP contribution in [0.15, 0.2) is 48.6 Å². The van der Waals surface area contributed by atoms with Crippen molar-refractivity contribution in [1.29, 1.82) is 0 Å². The molecule has 1 heteroatoms. The van der Waals surface area contributed by atoms with Gasteiger partial charge in [0.2, 0.25) is 0 Å². The topological polar surface area (TPSA) is 0 Å². The molecule has 3 unspecified atom stereocenters. The van der Waals surface area contributed by atoms with E-state index in [1.807, 2.05) is 0 Å². The molecule has 1 aliphatic heterocycles. The summed E-state index contributed by atoms with van der Waals surface area (Å²) in [5.41, 5.74) is 2.93. The number of thioether (sulfide) groups is 1. The van der Waals surface area contributed by atoms with Gasteiger partial charge in [0.25, 0.3) is 0 Å². The van der Waals surface area contributed by atoms with Crippen LogP contribution in [0.2, 0.25) is 0 Å². The number of hydrogen-bond donors (Lipinski definition) is 0. The van der Waals surface area contributed by atoms with Gasteiger partial charge in [-0.05, 0) is 17.6 Å². The van der Waals surface area contributed by atoms with Crippen LogP contribution in [0.1, 0.15) is 18.9 Å². The summed E-state index contributed by atoms with van der Waals surface area (Å²) in [6.07, 6.45) is 8.22. The third-order valence-electron chi connectivity index (χ3n) is 3.46. The summed E-state index contributed by atoms with van der Waals surface area (Å²) in [5, 5.41) is 1.50. The van der Waals surface area contributed by atoms with Gasteiger partial charge < -0.3 is 0 Å². The van der Waals surface area contributed by atoms with Gasteiger partial charge >= 0.3 is 0 Å². The molecule has 0 spiro atoms. The standard InChI is InChI=1S/C15H16S/c1-11-10-14-13(8-5-9-15(14)16-11)12-6-3-2-4-7-12/h2-9,11,14-15H,10H2,1H3. The highest BCUT2D eigenvalue weighted by Gasteiger charge is 2.34. The largest absolute Gasteiger partial charge is 0.151 e. The van der Waals surface area contributed by atoms with Gasteiger partial charge in [-0.2, -0.15) is 11.8 Å². The van der Waals surface area contributed by atoms with E-state index in [0.717, 1.165) is 11.2 Å². The van der Waals surface area contributed by atoms with E-state index in [1.54, 1.807) is 0 Å². The van der Waals surface area contributed by atoms with Gasteiger partial charge in [-0.25, -0.2) is 0 Å². The molecule has 3 atom stereocenters. The van der Waals surface area contributed by atoms with Gasteiger partial charge in [0.1, 0.15) is 0 Å². The molecule has 0 aromatic heterocycles. The second-order valence-corrected chi connectivity index (χ2v) is 6.25. The summed E-state index contributed by atoms with van der Waals surface area (Å²) in [6.45, 7) is 2.35. The predicted octanol–water partition coefficient (Wildman–Crippen LogP) is 4.15. The van der Waals surface area contributed by atoms with Gasteiger partial charge in [-0.1, -0.05) is 55.5 Å². The van der Waals surface area contributed by atoms with E-state index in [2.05, 4.69) is 67.2 Å². The summed E-state index contributed by atoms with van der Waals surface area (Å²) in [5.74, 6) is 0.729. The molecule has 1 saturated heterocycles. The summed E-state index contributed by atoms with van der Waals surface area (Å²) in [6, 6.07) is 10.8. The van der Waals surface area contributed by atoms with Crippen LogP contribution in [0.25, 0.3) is 5.57 Å². The molecule has 1 aliphatic carbocycles. The van der Waals surface area contributed by atoms with Crippen LogP contribution in [0, 0.1) is 5.92 Å². The smallest absolute Gasteiger partial charge is 0.0302 e. The summed E-state index contributed by atoms with van der Waals surface area (Å²) in [7, 11) is 0. The number of rotatable bonds is 1. The lowest BCUT2D eigenvalue weighted by Crippen LogP contribution is -2.13. The summed E-state index contributed by atoms with van der Waals surface area (Å²) in [4.78, 5) is 0. The lowest BCUT2D eigenvalue weighted by Gasteiger charge is -2.22. The SMILES string of the molecule is CC1CC2C(c3ccccc3)=CC=CC2S1. The molecular weight excluding hydrogens is 212 g/mol. The van der Waals surface area contributed by atoms with Crippen molar-refractivity contribution in [2.24, 2.45) is 5.92 Å². The van der Waals surface area contributed by atoms with E-state index in [4.69, 9.17) is 0 Å². The molecule has 1 heterocycles. The predicted molar refractivity (Wildman–Crippen MR) is 72.5 cm³/mol. The minimum atomic E-state index is 0.704. The molecule has 1 aromatic rings. The molecule has 0 bridgehead atoms. The molecule has 1 aromatic carbocycles. The van der Waals surface area contributed by atoms with Crippen molar-refractivity contribution in [3.8, 4) is 0 Å². The number of hydrogen-bond acceptors (Lipinski definition) is 1. The molecule has 0 radical (unpaired) electrons. The molecule has 0 nitrogen and oxygen atoms in total. The molecule has 82 valence electrons. The average Bonchev–Trinajstić information content (AvgIpc) is 2.70. The zero-order chi connectivity index (χ0) is 11.0. The van der Waals surface area contributed by atoms with Crippen molar-refractivity contribution in [2.75, 3.05) is 0 Å². The summed E-state index contributed by atoms with van der Waals surface area (Å²) >= 11 is 2.12. The number of fused-ring (bicyclic) bond motifs is 1. The van der Waals surface area contributed by atoms with Gasteiger partial charge in [0.05, 0.1) is 0 Å². The maximum Gasteiger partial charge on any atom is 0.0302 e. The van der Waals surface area contributed by atoms with E-state index < -0.39 is 0 Å². The third-order valence-corrected chi connectivity index (χ3v) is 4.91. The third kappa shape index (κ3) is 1.73. The lowest BCUT2D eigenvalue weighted by atomic mass is 9.84. The van der Waals surface area contributed by atoms with Crippen molar-refractivity contribution in [2.45, 2.75) is 23.8 Å². The van der Waals surface area contributed by atoms with Crippen molar-refractivity contribution in [1.82, 2.24) is 0 Å². The minimum Gasteiger partial charge on any atom is -0.151 e. The Bertz CT molecular complexity index is 430. The molecule has 16 heavy (non-hydrogen) atoms. The molecule has 2 aliphatic rings. The van der Waals surface area contributed by atoms with Crippen LogP contribution in [0.3, 0.4) is 0 Å². The fraction of sp³-hybridized carbons (Fsp3) is 0.333. The van der Waals surface area contributed by atoms with Gasteiger partial charge in [0, 0.05) is 16.4 Å². The Hall–Kier alpha value is -0.950. The van der Waals surface area contributed by atoms with Crippen LogP contribution in [-0.4, -0.2) is 10.5 Å². The van der Waals surface area contributed by atoms with E-state index in [1.165, 1.54) is 17.6 Å². The van der Waals surface area contributed by atoms with Crippen molar-refractivity contribution >= 4 is 17.3 Å². The van der Waals surface area contributed by atoms with Gasteiger partial charge in [-0.15, -0.1) is 0 Å². The van der Waals surface area contributed by atoms with Gasteiger partial charge in [0.15, 0.2) is 0 Å². The Morgan fingerprint density at radius 3 is 2.81 bits per heavy atom. The first kappa shape index (κ1) is 10.2. The van der Waals surface area contributed by atoms with Crippen LogP contribution in [0.4, 0.5) is 0 Å². The molecular formula is C15H16S. The zero-order valence-electron chi connectivity index (χ0n) is 9.47. The second-order valence-electron chi connectivity index (χ2n) is 4.63. The Kier molecular flexibility index (Phi) is 2.64. The molecule has 3 rings (SSSR count). The monoisotopic (exact) mass is 228 g/mol. The van der Waals surface area contributed by atoms with Gasteiger partial charge in [-0.3, -0.25) is 0 Å². The Labute approximate surface area is 101 Å². The van der Waals surface area contributed by atoms with Crippen molar-refractivity contribution < 1.29 is 0 Å². The van der Waals surface area contributed by atoms with Crippen LogP contribution in [0.5, 0.6) is 0 Å². The van der Waals surface area contributed by atoms with Crippen molar-refractivity contribution in [3.63, 3.8) is 0 Å².